The molecule has 2 heteroatoms. The third-order valence-corrected chi connectivity index (χ3v) is 5.98. The first-order valence-electron chi connectivity index (χ1n) is 11.5. The molecule has 0 aromatic heterocycles. The topological polar surface area (TPSA) is 0 Å². The minimum atomic E-state index is 0.210. The van der Waals surface area contributed by atoms with Crippen molar-refractivity contribution in [3.8, 4) is 11.1 Å². The van der Waals surface area contributed by atoms with Crippen molar-refractivity contribution in [2.75, 3.05) is 0 Å². The van der Waals surface area contributed by atoms with Gasteiger partial charge < -0.3 is 0 Å². The van der Waals surface area contributed by atoms with Gasteiger partial charge in [-0.2, -0.15) is 11.1 Å². The molecule has 0 heterocycles. The summed E-state index contributed by atoms with van der Waals surface area (Å²) in [6, 6.07) is 22.0. The van der Waals surface area contributed by atoms with E-state index in [1.807, 2.05) is 0 Å². The second-order valence-corrected chi connectivity index (χ2v) is 19.3. The predicted molar refractivity (Wildman–Crippen MR) is 141 cm³/mol. The Bertz CT molecular complexity index is 1110. The summed E-state index contributed by atoms with van der Waals surface area (Å²) < 4.78 is 0. The zero-order valence-electron chi connectivity index (χ0n) is 21.4. The van der Waals surface area contributed by atoms with Crippen LogP contribution in [0.25, 0.3) is 21.9 Å². The number of fused-ring (bicyclic) bond motifs is 1. The minimum absolute atomic E-state index is 0.210. The molecule has 0 nitrogen and oxygen atoms in total. The zero-order chi connectivity index (χ0) is 24.1. The second kappa shape index (κ2) is 11.7. The average Bonchev–Trinajstić information content (AvgIpc) is 3.24. The molecule has 3 aromatic rings. The molecule has 0 spiro atoms. The summed E-state index contributed by atoms with van der Waals surface area (Å²) in [5.41, 5.74) is 8.68. The van der Waals surface area contributed by atoms with Gasteiger partial charge >= 0.3 is 41.9 Å². The van der Waals surface area contributed by atoms with Crippen LogP contribution in [0.4, 0.5) is 0 Å². The van der Waals surface area contributed by atoms with Gasteiger partial charge in [-0.1, -0.05) is 83.4 Å². The molecule has 0 saturated carbocycles. The van der Waals surface area contributed by atoms with Crippen LogP contribution in [0.5, 0.6) is 0 Å². The first kappa shape index (κ1) is 26.9. The number of benzene rings is 2. The van der Waals surface area contributed by atoms with Gasteiger partial charge in [0, 0.05) is 0 Å². The van der Waals surface area contributed by atoms with E-state index in [4.69, 9.17) is 0 Å². The summed E-state index contributed by atoms with van der Waals surface area (Å²) in [6.45, 7) is 20.0. The molecule has 32 heavy (non-hydrogen) atoms. The van der Waals surface area contributed by atoms with Crippen LogP contribution in [0, 0.1) is 12.0 Å². The summed E-state index contributed by atoms with van der Waals surface area (Å²) in [5, 5.41) is 2.66. The predicted octanol–water partition coefficient (Wildman–Crippen LogP) is 9.03. The Kier molecular flexibility index (Phi) is 9.80. The van der Waals surface area contributed by atoms with Crippen LogP contribution in [-0.2, 0) is 28.8 Å². The monoisotopic (exact) mass is 516 g/mol. The quantitative estimate of drug-likeness (QED) is 0.223. The number of rotatable bonds is 1. The number of hydrogen-bond acceptors (Lipinski definition) is 0. The molecule has 0 radical (unpaired) electrons. The third kappa shape index (κ3) is 7.32. The van der Waals surface area contributed by atoms with Crippen LogP contribution >= 0.6 is 0 Å². The first-order valence-corrected chi connectivity index (χ1v) is 17.7. The van der Waals surface area contributed by atoms with E-state index in [0.717, 1.165) is 0 Å². The molecule has 0 bridgehead atoms. The molecular formula is C30H38SiZr. The van der Waals surface area contributed by atoms with Crippen molar-refractivity contribution in [2.24, 2.45) is 5.92 Å². The van der Waals surface area contributed by atoms with E-state index < -0.39 is 0 Å². The average molecular weight is 518 g/mol. The van der Waals surface area contributed by atoms with Crippen molar-refractivity contribution in [3.63, 3.8) is 0 Å². The van der Waals surface area contributed by atoms with Gasteiger partial charge in [-0.3, -0.25) is 6.08 Å². The molecular weight excluding hydrogens is 480 g/mol. The molecule has 4 rings (SSSR count). The second-order valence-electron chi connectivity index (χ2n) is 9.96. The molecule has 3 aromatic carbocycles. The first-order chi connectivity index (χ1) is 14.9. The normalized spacial score (nSPS) is 15.6. The van der Waals surface area contributed by atoms with Crippen LogP contribution in [0.1, 0.15) is 54.0 Å². The fourth-order valence-electron chi connectivity index (χ4n) is 3.71. The van der Waals surface area contributed by atoms with Gasteiger partial charge in [-0.15, -0.1) is 53.6 Å². The number of hydrogen-bond donors (Lipinski definition) is 0. The van der Waals surface area contributed by atoms with Gasteiger partial charge in [0.2, 0.25) is 0 Å². The summed E-state index contributed by atoms with van der Waals surface area (Å²) in [6.07, 6.45) is 3.36. The molecule has 1 unspecified atom stereocenters. The van der Waals surface area contributed by atoms with Gasteiger partial charge in [0.1, 0.15) is 0 Å². The van der Waals surface area contributed by atoms with Crippen molar-refractivity contribution in [1.29, 1.82) is 0 Å². The number of allylic oxidation sites excluding steroid dienone is 4. The van der Waals surface area contributed by atoms with E-state index in [-0.39, 0.29) is 10.8 Å². The molecule has 0 aliphatic heterocycles. The zero-order valence-corrected chi connectivity index (χ0v) is 24.8. The van der Waals surface area contributed by atoms with E-state index in [0.29, 0.717) is 5.92 Å². The maximum absolute atomic E-state index is 3.36. The van der Waals surface area contributed by atoms with Gasteiger partial charge in [0.15, 0.2) is 0 Å². The van der Waals surface area contributed by atoms with Crippen molar-refractivity contribution < 1.29 is 23.3 Å². The van der Waals surface area contributed by atoms with Crippen LogP contribution in [0.2, 0.25) is 13.1 Å². The van der Waals surface area contributed by atoms with E-state index in [1.165, 1.54) is 44.2 Å². The van der Waals surface area contributed by atoms with E-state index in [1.54, 1.807) is 23.3 Å². The van der Waals surface area contributed by atoms with Crippen molar-refractivity contribution in [3.05, 3.63) is 89.0 Å². The fraction of sp³-hybridized carbons (Fsp3) is 0.367. The van der Waals surface area contributed by atoms with Crippen LogP contribution in [0.15, 0.2) is 77.4 Å². The molecule has 0 saturated heterocycles. The summed E-state index contributed by atoms with van der Waals surface area (Å²) in [7, 11) is 0. The van der Waals surface area contributed by atoms with E-state index >= 15 is 0 Å². The Balaban J connectivity index is 0.000000233. The van der Waals surface area contributed by atoms with Crippen molar-refractivity contribution >= 4 is 16.2 Å². The van der Waals surface area contributed by atoms with Gasteiger partial charge in [0.25, 0.3) is 0 Å². The van der Waals surface area contributed by atoms with E-state index in [9.17, 15) is 0 Å². The standard InChI is InChI=1S/C19H19.C9H13.C2H6Si.Zr/c1-19(2,3)16-11-8-15(9-12-16)18-13-10-14-6-4-5-7-17(14)18;1-6-5-7(2)9(4)8(6)3;1-3-2;/h4-13H,1-3H3;6H,1-4H3;1-2H3;/q2*-1;;+2. The fourth-order valence-corrected chi connectivity index (χ4v) is 3.71. The van der Waals surface area contributed by atoms with Crippen molar-refractivity contribution in [2.45, 2.75) is 67.0 Å². The Morgan fingerprint density at radius 3 is 1.94 bits per heavy atom. The SMILES string of the molecule is CC(C)(C)c1ccc(-c2c[cH-]c3ccccc23)cc1.CC1=[C-]C(C)C(C)=C1C.C[Si](C)=[Zr+2]. The Labute approximate surface area is 211 Å². The Morgan fingerprint density at radius 2 is 1.50 bits per heavy atom. The van der Waals surface area contributed by atoms with Gasteiger partial charge in [0.05, 0.1) is 0 Å². The van der Waals surface area contributed by atoms with Crippen LogP contribution in [0.3, 0.4) is 0 Å². The van der Waals surface area contributed by atoms with Gasteiger partial charge in [-0.25, -0.2) is 5.57 Å². The Morgan fingerprint density at radius 1 is 0.938 bits per heavy atom. The molecule has 0 N–H and O–H groups in total. The molecule has 0 fully saturated rings. The molecule has 0 amide bonds. The van der Waals surface area contributed by atoms with Crippen LogP contribution < -0.4 is 0 Å². The third-order valence-electron chi connectivity index (χ3n) is 5.98. The molecule has 1 aliphatic rings. The Hall–Kier alpha value is -1.37. The summed E-state index contributed by atoms with van der Waals surface area (Å²) in [4.78, 5) is 0. The summed E-state index contributed by atoms with van der Waals surface area (Å²) >= 11 is 1.74. The summed E-state index contributed by atoms with van der Waals surface area (Å²) in [5.74, 6) is 0.560. The van der Waals surface area contributed by atoms with Crippen LogP contribution in [-0.4, -0.2) is 5.43 Å². The molecule has 1 aliphatic carbocycles. The van der Waals surface area contributed by atoms with E-state index in [2.05, 4.69) is 128 Å². The molecule has 166 valence electrons. The maximum atomic E-state index is 3.36. The molecule has 1 atom stereocenters. The van der Waals surface area contributed by atoms with Crippen molar-refractivity contribution in [1.82, 2.24) is 0 Å². The van der Waals surface area contributed by atoms with Gasteiger partial charge in [-0.05, 0) is 11.0 Å².